The lowest BCUT2D eigenvalue weighted by Crippen LogP contribution is -2.52. The van der Waals surface area contributed by atoms with Crippen LogP contribution in [0.2, 0.25) is 0 Å². The first kappa shape index (κ1) is 16.1. The molecular formula is C18H17N3O2S. The lowest BCUT2D eigenvalue weighted by atomic mass is 10.1. The average molecular weight is 339 g/mol. The highest BCUT2D eigenvalue weighted by Crippen LogP contribution is 2.22. The number of aromatic nitrogens is 1. The van der Waals surface area contributed by atoms with Crippen LogP contribution in [0.25, 0.3) is 11.8 Å². The van der Waals surface area contributed by atoms with Crippen LogP contribution in [0, 0.1) is 6.92 Å². The van der Waals surface area contributed by atoms with E-state index >= 15 is 0 Å². The third kappa shape index (κ3) is 2.55. The molecule has 0 N–H and O–H groups in total. The number of thiocarbonyl (C=S) groups is 1. The van der Waals surface area contributed by atoms with Gasteiger partial charge in [-0.1, -0.05) is 18.2 Å². The van der Waals surface area contributed by atoms with E-state index in [9.17, 15) is 9.59 Å². The normalized spacial score (nSPS) is 15.3. The predicted octanol–water partition coefficient (Wildman–Crippen LogP) is 2.38. The summed E-state index contributed by atoms with van der Waals surface area (Å²) >= 11 is 5.10. The van der Waals surface area contributed by atoms with Gasteiger partial charge in [0.2, 0.25) is 0 Å². The van der Waals surface area contributed by atoms with E-state index in [-0.39, 0.29) is 22.5 Å². The van der Waals surface area contributed by atoms with Crippen molar-refractivity contribution in [1.29, 1.82) is 0 Å². The van der Waals surface area contributed by atoms with Crippen LogP contribution >= 0.6 is 12.2 Å². The fourth-order valence-corrected chi connectivity index (χ4v) is 2.85. The molecule has 1 aliphatic heterocycles. The fraction of sp³-hybridized carbons (Fsp3) is 0.167. The number of likely N-dealkylation sites (N-methyl/N-ethyl adjacent to an activating group) is 2. The fourth-order valence-electron chi connectivity index (χ4n) is 2.69. The van der Waals surface area contributed by atoms with Crippen molar-refractivity contribution in [3.8, 4) is 5.69 Å². The second kappa shape index (κ2) is 6.05. The second-order valence-corrected chi connectivity index (χ2v) is 6.02. The maximum Gasteiger partial charge on any atom is 0.265 e. The third-order valence-corrected chi connectivity index (χ3v) is 4.64. The first-order valence-electron chi connectivity index (χ1n) is 7.47. The quantitative estimate of drug-likeness (QED) is 0.479. The number of carbonyl (C=O) groups is 2. The second-order valence-electron chi connectivity index (χ2n) is 5.66. The van der Waals surface area contributed by atoms with Gasteiger partial charge in [-0.3, -0.25) is 19.4 Å². The van der Waals surface area contributed by atoms with E-state index in [1.54, 1.807) is 20.2 Å². The molecule has 1 aliphatic rings. The topological polar surface area (TPSA) is 45.6 Å². The Morgan fingerprint density at radius 2 is 1.58 bits per heavy atom. The Balaban J connectivity index is 2.09. The molecule has 3 rings (SSSR count). The first-order chi connectivity index (χ1) is 11.4. The van der Waals surface area contributed by atoms with Crippen LogP contribution < -0.4 is 0 Å². The highest BCUT2D eigenvalue weighted by atomic mass is 32.1. The Morgan fingerprint density at radius 1 is 0.958 bits per heavy atom. The van der Waals surface area contributed by atoms with E-state index in [0.29, 0.717) is 0 Å². The van der Waals surface area contributed by atoms with Crippen molar-refractivity contribution in [3.05, 3.63) is 59.4 Å². The van der Waals surface area contributed by atoms with Gasteiger partial charge in [-0.05, 0) is 49.0 Å². The van der Waals surface area contributed by atoms with Crippen LogP contribution in [-0.4, -0.2) is 45.4 Å². The summed E-state index contributed by atoms with van der Waals surface area (Å²) in [6.07, 6.45) is 3.52. The number of aryl methyl sites for hydroxylation is 1. The number of para-hydroxylation sites is 1. The molecule has 122 valence electrons. The van der Waals surface area contributed by atoms with Crippen LogP contribution in [0.3, 0.4) is 0 Å². The smallest absolute Gasteiger partial charge is 0.265 e. The summed E-state index contributed by atoms with van der Waals surface area (Å²) in [7, 11) is 3.14. The van der Waals surface area contributed by atoms with Crippen LogP contribution in [0.15, 0.2) is 48.2 Å². The molecule has 1 aromatic heterocycles. The summed E-state index contributed by atoms with van der Waals surface area (Å²) < 4.78 is 1.95. The third-order valence-electron chi connectivity index (χ3n) is 4.09. The van der Waals surface area contributed by atoms with Gasteiger partial charge in [0.15, 0.2) is 5.11 Å². The van der Waals surface area contributed by atoms with Gasteiger partial charge >= 0.3 is 0 Å². The Morgan fingerprint density at radius 3 is 2.21 bits per heavy atom. The predicted molar refractivity (Wildman–Crippen MR) is 96.6 cm³/mol. The van der Waals surface area contributed by atoms with Crippen molar-refractivity contribution in [2.75, 3.05) is 14.1 Å². The maximum absolute atomic E-state index is 12.4. The van der Waals surface area contributed by atoms with Crippen molar-refractivity contribution >= 4 is 35.2 Å². The number of benzene rings is 1. The van der Waals surface area contributed by atoms with Crippen LogP contribution in [-0.2, 0) is 9.59 Å². The highest BCUT2D eigenvalue weighted by molar-refractivity contribution is 7.80. The van der Waals surface area contributed by atoms with Crippen molar-refractivity contribution in [1.82, 2.24) is 14.4 Å². The lowest BCUT2D eigenvalue weighted by Gasteiger charge is -2.31. The number of nitrogens with zero attached hydrogens (tertiary/aromatic N) is 3. The molecule has 1 aromatic carbocycles. The minimum atomic E-state index is -0.388. The molecule has 0 spiro atoms. The molecule has 2 aromatic rings. The van der Waals surface area contributed by atoms with E-state index in [1.165, 1.54) is 9.80 Å². The number of carbonyl (C=O) groups excluding carboxylic acids is 2. The zero-order chi connectivity index (χ0) is 17.4. The van der Waals surface area contributed by atoms with Gasteiger partial charge in [0, 0.05) is 31.7 Å². The van der Waals surface area contributed by atoms with Gasteiger partial charge in [-0.25, -0.2) is 0 Å². The molecule has 6 heteroatoms. The van der Waals surface area contributed by atoms with Crippen molar-refractivity contribution in [3.63, 3.8) is 0 Å². The molecule has 0 unspecified atom stereocenters. The SMILES string of the molecule is Cc1ccccc1-n1cccc1C=C1C(=O)N(C)C(=S)N(C)C1=O. The summed E-state index contributed by atoms with van der Waals surface area (Å²) in [6.45, 7) is 2.02. The summed E-state index contributed by atoms with van der Waals surface area (Å²) in [4.78, 5) is 27.5. The van der Waals surface area contributed by atoms with Gasteiger partial charge in [0.05, 0.1) is 0 Å². The number of rotatable bonds is 2. The highest BCUT2D eigenvalue weighted by Gasteiger charge is 2.35. The molecular weight excluding hydrogens is 322 g/mol. The van der Waals surface area contributed by atoms with Crippen molar-refractivity contribution in [2.45, 2.75) is 6.92 Å². The molecule has 5 nitrogen and oxygen atoms in total. The number of hydrogen-bond acceptors (Lipinski definition) is 3. The summed E-state index contributed by atoms with van der Waals surface area (Å²) in [5.41, 5.74) is 2.96. The number of amides is 2. The van der Waals surface area contributed by atoms with Gasteiger partial charge in [-0.2, -0.15) is 0 Å². The van der Waals surface area contributed by atoms with E-state index < -0.39 is 0 Å². The van der Waals surface area contributed by atoms with Gasteiger partial charge in [0.25, 0.3) is 11.8 Å². The number of hydrogen-bond donors (Lipinski definition) is 0. The van der Waals surface area contributed by atoms with E-state index in [4.69, 9.17) is 12.2 Å². The monoisotopic (exact) mass is 339 g/mol. The maximum atomic E-state index is 12.4. The minimum absolute atomic E-state index is 0.0992. The van der Waals surface area contributed by atoms with Crippen LogP contribution in [0.5, 0.6) is 0 Å². The summed E-state index contributed by atoms with van der Waals surface area (Å²) in [5.74, 6) is -0.777. The largest absolute Gasteiger partial charge is 0.317 e. The minimum Gasteiger partial charge on any atom is -0.317 e. The van der Waals surface area contributed by atoms with Crippen molar-refractivity contribution in [2.24, 2.45) is 0 Å². The molecule has 0 saturated carbocycles. The Hall–Kier alpha value is -2.73. The molecule has 0 aliphatic carbocycles. The summed E-state index contributed by atoms with van der Waals surface area (Å²) in [5, 5.41) is 0.205. The first-order valence-corrected chi connectivity index (χ1v) is 7.87. The molecule has 0 radical (unpaired) electrons. The molecule has 2 amide bonds. The van der Waals surface area contributed by atoms with E-state index in [1.807, 2.05) is 54.1 Å². The Labute approximate surface area is 145 Å². The van der Waals surface area contributed by atoms with E-state index in [0.717, 1.165) is 16.9 Å². The van der Waals surface area contributed by atoms with Gasteiger partial charge in [-0.15, -0.1) is 0 Å². The lowest BCUT2D eigenvalue weighted by molar-refractivity contribution is -0.132. The molecule has 0 atom stereocenters. The Kier molecular flexibility index (Phi) is 4.07. The molecule has 0 bridgehead atoms. The average Bonchev–Trinajstić information content (AvgIpc) is 3.03. The van der Waals surface area contributed by atoms with Crippen LogP contribution in [0.4, 0.5) is 0 Å². The summed E-state index contributed by atoms with van der Waals surface area (Å²) in [6, 6.07) is 11.7. The Bertz CT molecular complexity index is 856. The van der Waals surface area contributed by atoms with Crippen LogP contribution in [0.1, 0.15) is 11.3 Å². The molecule has 1 saturated heterocycles. The van der Waals surface area contributed by atoms with Crippen molar-refractivity contribution < 1.29 is 9.59 Å². The van der Waals surface area contributed by atoms with E-state index in [2.05, 4.69) is 0 Å². The molecule has 2 heterocycles. The van der Waals surface area contributed by atoms with Gasteiger partial charge < -0.3 is 4.57 Å². The zero-order valence-corrected chi connectivity index (χ0v) is 14.5. The molecule has 24 heavy (non-hydrogen) atoms. The van der Waals surface area contributed by atoms with Gasteiger partial charge in [0.1, 0.15) is 5.57 Å². The molecule has 1 fully saturated rings. The zero-order valence-electron chi connectivity index (χ0n) is 13.7. The standard InChI is InChI=1S/C18H17N3O2S/c1-12-7-4-5-9-15(12)21-10-6-8-13(21)11-14-16(22)19(2)18(24)20(3)17(14)23/h4-11H,1-3H3.